The lowest BCUT2D eigenvalue weighted by atomic mass is 10.2. The van der Waals surface area contributed by atoms with Gasteiger partial charge in [-0.05, 0) is 53.3 Å². The maximum atomic E-state index is 9.02. The van der Waals surface area contributed by atoms with Crippen molar-refractivity contribution in [2.24, 2.45) is 0 Å². The minimum atomic E-state index is 0.416. The van der Waals surface area contributed by atoms with Crippen molar-refractivity contribution in [3.8, 4) is 17.6 Å². The maximum absolute atomic E-state index is 9.02. The molecule has 0 saturated carbocycles. The molecule has 0 amide bonds. The van der Waals surface area contributed by atoms with Gasteiger partial charge in [0.25, 0.3) is 0 Å². The van der Waals surface area contributed by atoms with Crippen molar-refractivity contribution in [1.82, 2.24) is 0 Å². The molecule has 2 rings (SSSR count). The van der Waals surface area contributed by atoms with Crippen LogP contribution in [0, 0.1) is 14.9 Å². The summed E-state index contributed by atoms with van der Waals surface area (Å²) in [6, 6.07) is 13.1. The fourth-order valence-electron chi connectivity index (χ4n) is 1.77. The summed E-state index contributed by atoms with van der Waals surface area (Å²) in [5.74, 6) is 1.25. The van der Waals surface area contributed by atoms with Gasteiger partial charge in [0.1, 0.15) is 6.61 Å². The summed E-state index contributed by atoms with van der Waals surface area (Å²) < 4.78 is 12.3. The van der Waals surface area contributed by atoms with Crippen molar-refractivity contribution < 1.29 is 9.47 Å². The number of hydrogen-bond acceptors (Lipinski definition) is 3. The van der Waals surface area contributed by atoms with Gasteiger partial charge in [0, 0.05) is 11.1 Å². The second-order valence-electron chi connectivity index (χ2n) is 4.25. The molecule has 0 aliphatic rings. The molecule has 0 bridgehead atoms. The van der Waals surface area contributed by atoms with E-state index in [1.54, 1.807) is 12.1 Å². The average Bonchev–Trinajstić information content (AvgIpc) is 2.48. The van der Waals surface area contributed by atoms with Crippen LogP contribution in [0.2, 0.25) is 5.02 Å². The van der Waals surface area contributed by atoms with Gasteiger partial charge in [-0.1, -0.05) is 23.7 Å². The molecule has 3 nitrogen and oxygen atoms in total. The lowest BCUT2D eigenvalue weighted by molar-refractivity contribution is 0.267. The SMILES string of the molecule is CCOc1cc(C#N)cc(I)c1OCc1ccc(Cl)cc1. The van der Waals surface area contributed by atoms with E-state index in [4.69, 9.17) is 26.3 Å². The summed E-state index contributed by atoms with van der Waals surface area (Å²) in [4.78, 5) is 0. The second-order valence-corrected chi connectivity index (χ2v) is 5.84. The third kappa shape index (κ3) is 4.26. The van der Waals surface area contributed by atoms with Crippen molar-refractivity contribution in [3.05, 3.63) is 56.1 Å². The van der Waals surface area contributed by atoms with E-state index in [2.05, 4.69) is 28.7 Å². The van der Waals surface area contributed by atoms with E-state index >= 15 is 0 Å². The standard InChI is InChI=1S/C16H13ClINO2/c1-2-20-15-8-12(9-19)7-14(18)16(15)21-10-11-3-5-13(17)6-4-11/h3-8H,2,10H2,1H3. The molecule has 0 unspecified atom stereocenters. The molecule has 0 saturated heterocycles. The molecule has 0 heterocycles. The molecular weight excluding hydrogens is 401 g/mol. The summed E-state index contributed by atoms with van der Waals surface area (Å²) >= 11 is 8.01. The predicted octanol–water partition coefficient (Wildman–Crippen LogP) is 4.79. The number of nitriles is 1. The first-order valence-corrected chi connectivity index (χ1v) is 7.83. The fourth-order valence-corrected chi connectivity index (χ4v) is 2.65. The molecule has 0 N–H and O–H groups in total. The zero-order valence-corrected chi connectivity index (χ0v) is 14.3. The maximum Gasteiger partial charge on any atom is 0.175 e. The Morgan fingerprint density at radius 3 is 2.52 bits per heavy atom. The summed E-state index contributed by atoms with van der Waals surface area (Å²) in [5.41, 5.74) is 1.57. The van der Waals surface area contributed by atoms with Gasteiger partial charge in [-0.3, -0.25) is 0 Å². The molecule has 5 heteroatoms. The number of halogens is 2. The molecule has 0 radical (unpaired) electrons. The number of benzene rings is 2. The van der Waals surface area contributed by atoms with Crippen LogP contribution in [0.1, 0.15) is 18.1 Å². The van der Waals surface area contributed by atoms with Gasteiger partial charge in [-0.2, -0.15) is 5.26 Å². The van der Waals surface area contributed by atoms with E-state index in [0.717, 1.165) is 9.13 Å². The average molecular weight is 414 g/mol. The zero-order valence-electron chi connectivity index (χ0n) is 11.4. The molecule has 2 aromatic carbocycles. The van der Waals surface area contributed by atoms with Crippen molar-refractivity contribution in [2.75, 3.05) is 6.61 Å². The first-order valence-electron chi connectivity index (χ1n) is 6.37. The molecule has 0 atom stereocenters. The second kappa shape index (κ2) is 7.53. The van der Waals surface area contributed by atoms with Crippen molar-refractivity contribution >= 4 is 34.2 Å². The van der Waals surface area contributed by atoms with Gasteiger partial charge >= 0.3 is 0 Å². The number of ether oxygens (including phenoxy) is 2. The van der Waals surface area contributed by atoms with Crippen LogP contribution in [0.3, 0.4) is 0 Å². The largest absolute Gasteiger partial charge is 0.490 e. The van der Waals surface area contributed by atoms with Gasteiger partial charge in [0.05, 0.1) is 21.8 Å². The Hall–Kier alpha value is -1.45. The van der Waals surface area contributed by atoms with E-state index in [1.165, 1.54) is 0 Å². The van der Waals surface area contributed by atoms with Crippen LogP contribution in [0.15, 0.2) is 36.4 Å². The summed E-state index contributed by atoms with van der Waals surface area (Å²) in [7, 11) is 0. The summed E-state index contributed by atoms with van der Waals surface area (Å²) in [6.45, 7) is 2.83. The number of nitrogens with zero attached hydrogens (tertiary/aromatic N) is 1. The van der Waals surface area contributed by atoms with Crippen molar-refractivity contribution in [3.63, 3.8) is 0 Å². The lowest BCUT2D eigenvalue weighted by Gasteiger charge is -2.14. The summed E-state index contributed by atoms with van der Waals surface area (Å²) in [6.07, 6.45) is 0. The Kier molecular flexibility index (Phi) is 5.71. The summed E-state index contributed by atoms with van der Waals surface area (Å²) in [5, 5.41) is 9.71. The Balaban J connectivity index is 2.22. The van der Waals surface area contributed by atoms with Crippen molar-refractivity contribution in [2.45, 2.75) is 13.5 Å². The van der Waals surface area contributed by atoms with Gasteiger partial charge in [0.2, 0.25) is 0 Å². The molecule has 0 aliphatic carbocycles. The third-order valence-corrected chi connectivity index (χ3v) is 3.79. The Labute approximate surface area is 142 Å². The number of hydrogen-bond donors (Lipinski definition) is 0. The first-order chi connectivity index (χ1) is 10.1. The Morgan fingerprint density at radius 2 is 1.90 bits per heavy atom. The Morgan fingerprint density at radius 1 is 1.19 bits per heavy atom. The van der Waals surface area contributed by atoms with Crippen LogP contribution in [0.4, 0.5) is 0 Å². The molecule has 2 aromatic rings. The Bertz CT molecular complexity index is 665. The van der Waals surface area contributed by atoms with E-state index in [1.807, 2.05) is 31.2 Å². The lowest BCUT2D eigenvalue weighted by Crippen LogP contribution is -2.02. The zero-order chi connectivity index (χ0) is 15.2. The van der Waals surface area contributed by atoms with Gasteiger partial charge in [0.15, 0.2) is 11.5 Å². The molecule has 0 fully saturated rings. The topological polar surface area (TPSA) is 42.2 Å². The van der Waals surface area contributed by atoms with E-state index in [-0.39, 0.29) is 0 Å². The van der Waals surface area contributed by atoms with Crippen LogP contribution >= 0.6 is 34.2 Å². The molecule has 21 heavy (non-hydrogen) atoms. The van der Waals surface area contributed by atoms with E-state index < -0.39 is 0 Å². The molecule has 0 spiro atoms. The van der Waals surface area contributed by atoms with Crippen molar-refractivity contribution in [1.29, 1.82) is 5.26 Å². The highest BCUT2D eigenvalue weighted by molar-refractivity contribution is 14.1. The number of rotatable bonds is 5. The normalized spacial score (nSPS) is 10.0. The smallest absolute Gasteiger partial charge is 0.175 e. The third-order valence-electron chi connectivity index (χ3n) is 2.73. The van der Waals surface area contributed by atoms with E-state index in [9.17, 15) is 0 Å². The highest BCUT2D eigenvalue weighted by atomic mass is 127. The monoisotopic (exact) mass is 413 g/mol. The van der Waals surface area contributed by atoms with Crippen LogP contribution in [0.5, 0.6) is 11.5 Å². The molecule has 108 valence electrons. The molecular formula is C16H13ClINO2. The van der Waals surface area contributed by atoms with Crippen LogP contribution in [-0.2, 0) is 6.61 Å². The van der Waals surface area contributed by atoms with Crippen LogP contribution < -0.4 is 9.47 Å². The highest BCUT2D eigenvalue weighted by Gasteiger charge is 2.12. The van der Waals surface area contributed by atoms with Crippen LogP contribution in [-0.4, -0.2) is 6.61 Å². The molecule has 0 aliphatic heterocycles. The van der Waals surface area contributed by atoms with Gasteiger partial charge in [-0.25, -0.2) is 0 Å². The molecule has 0 aromatic heterocycles. The highest BCUT2D eigenvalue weighted by Crippen LogP contribution is 2.34. The first kappa shape index (κ1) is 15.9. The predicted molar refractivity (Wildman–Crippen MR) is 90.8 cm³/mol. The fraction of sp³-hybridized carbons (Fsp3) is 0.188. The minimum Gasteiger partial charge on any atom is -0.490 e. The van der Waals surface area contributed by atoms with E-state index in [0.29, 0.717) is 35.3 Å². The minimum absolute atomic E-state index is 0.416. The van der Waals surface area contributed by atoms with Gasteiger partial charge in [-0.15, -0.1) is 0 Å². The quantitative estimate of drug-likeness (QED) is 0.662. The van der Waals surface area contributed by atoms with Crippen LogP contribution in [0.25, 0.3) is 0 Å². The van der Waals surface area contributed by atoms with Gasteiger partial charge < -0.3 is 9.47 Å².